The van der Waals surface area contributed by atoms with E-state index in [4.69, 9.17) is 18.0 Å². The molecule has 2 aromatic rings. The van der Waals surface area contributed by atoms with Gasteiger partial charge in [0.05, 0.1) is 5.56 Å². The van der Waals surface area contributed by atoms with E-state index in [-0.39, 0.29) is 21.9 Å². The first-order valence-electron chi connectivity index (χ1n) is 6.09. The average molecular weight is 304 g/mol. The van der Waals surface area contributed by atoms with E-state index < -0.39 is 11.7 Å². The summed E-state index contributed by atoms with van der Waals surface area (Å²) in [6, 6.07) is 8.61. The number of benzene rings is 2. The Balaban J connectivity index is 2.27. The van der Waals surface area contributed by atoms with Gasteiger partial charge in [0.2, 0.25) is 0 Å². The Bertz CT molecular complexity index is 732. The molecule has 4 nitrogen and oxygen atoms in total. The number of halogens is 1. The van der Waals surface area contributed by atoms with Crippen molar-refractivity contribution in [3.8, 4) is 5.75 Å². The molecule has 0 saturated heterocycles. The number of amides is 1. The fourth-order valence-electron chi connectivity index (χ4n) is 1.82. The molecule has 0 unspecified atom stereocenters. The Hall–Kier alpha value is -2.47. The zero-order valence-electron chi connectivity index (χ0n) is 11.2. The predicted octanol–water partition coefficient (Wildman–Crippen LogP) is 2.73. The molecule has 0 aliphatic carbocycles. The zero-order valence-corrected chi connectivity index (χ0v) is 12.0. The summed E-state index contributed by atoms with van der Waals surface area (Å²) in [5.41, 5.74) is 6.76. The lowest BCUT2D eigenvalue weighted by Gasteiger charge is -2.09. The molecule has 21 heavy (non-hydrogen) atoms. The van der Waals surface area contributed by atoms with Gasteiger partial charge in [0.25, 0.3) is 5.91 Å². The molecule has 108 valence electrons. The van der Waals surface area contributed by atoms with Gasteiger partial charge in [0.15, 0.2) is 0 Å². The van der Waals surface area contributed by atoms with Crippen LogP contribution in [0.1, 0.15) is 21.5 Å². The Morgan fingerprint density at radius 3 is 2.57 bits per heavy atom. The minimum Gasteiger partial charge on any atom is -0.507 e. The summed E-state index contributed by atoms with van der Waals surface area (Å²) in [6.45, 7) is 1.80. The lowest BCUT2D eigenvalue weighted by atomic mass is 10.1. The van der Waals surface area contributed by atoms with Crippen molar-refractivity contribution in [2.45, 2.75) is 6.92 Å². The van der Waals surface area contributed by atoms with Gasteiger partial charge in [-0.2, -0.15) is 0 Å². The predicted molar refractivity (Wildman–Crippen MR) is 83.1 cm³/mol. The molecule has 0 radical (unpaired) electrons. The van der Waals surface area contributed by atoms with Crippen LogP contribution in [0.5, 0.6) is 5.75 Å². The van der Waals surface area contributed by atoms with E-state index in [2.05, 4.69) is 5.32 Å². The Morgan fingerprint density at radius 1 is 1.24 bits per heavy atom. The summed E-state index contributed by atoms with van der Waals surface area (Å²) in [5, 5.41) is 12.3. The van der Waals surface area contributed by atoms with Crippen LogP contribution in [0.15, 0.2) is 36.4 Å². The monoisotopic (exact) mass is 304 g/mol. The highest BCUT2D eigenvalue weighted by molar-refractivity contribution is 7.80. The fourth-order valence-corrected chi connectivity index (χ4v) is 1.98. The maximum Gasteiger partial charge on any atom is 0.259 e. The molecule has 0 aromatic heterocycles. The third kappa shape index (κ3) is 3.35. The first-order chi connectivity index (χ1) is 9.88. The summed E-state index contributed by atoms with van der Waals surface area (Å²) < 4.78 is 13.5. The molecule has 1 amide bonds. The van der Waals surface area contributed by atoms with Crippen LogP contribution in [0, 0.1) is 12.7 Å². The van der Waals surface area contributed by atoms with Crippen molar-refractivity contribution in [1.29, 1.82) is 0 Å². The highest BCUT2D eigenvalue weighted by atomic mass is 32.1. The number of nitrogens with one attached hydrogen (secondary N) is 1. The third-order valence-corrected chi connectivity index (χ3v) is 3.11. The van der Waals surface area contributed by atoms with Gasteiger partial charge in [-0.1, -0.05) is 18.3 Å². The lowest BCUT2D eigenvalue weighted by Crippen LogP contribution is -2.15. The maximum atomic E-state index is 13.5. The number of carbonyl (C=O) groups is 1. The van der Waals surface area contributed by atoms with Crippen LogP contribution in [0.4, 0.5) is 10.1 Å². The topological polar surface area (TPSA) is 75.4 Å². The Labute approximate surface area is 126 Å². The van der Waals surface area contributed by atoms with Gasteiger partial charge in [-0.05, 0) is 42.8 Å². The number of anilines is 1. The molecule has 0 saturated carbocycles. The van der Waals surface area contributed by atoms with Crippen LogP contribution in [0.3, 0.4) is 0 Å². The molecule has 0 atom stereocenters. The first kappa shape index (κ1) is 14.9. The second-order valence-corrected chi connectivity index (χ2v) is 4.97. The van der Waals surface area contributed by atoms with Gasteiger partial charge in [0.1, 0.15) is 16.6 Å². The third-order valence-electron chi connectivity index (χ3n) is 2.89. The highest BCUT2D eigenvalue weighted by Crippen LogP contribution is 2.21. The summed E-state index contributed by atoms with van der Waals surface area (Å²) in [6.07, 6.45) is 0. The standard InChI is InChI=1S/C15H13FN2O2S/c1-8-2-4-10(13(19)6-8)15(20)18-9-3-5-12(16)11(7-9)14(17)21/h2-7,19H,1H3,(H2,17,21)(H,18,20). The van der Waals surface area contributed by atoms with Crippen LogP contribution in [-0.2, 0) is 0 Å². The average Bonchev–Trinajstić information content (AvgIpc) is 2.40. The number of aromatic hydroxyl groups is 1. The van der Waals surface area contributed by atoms with Crippen LogP contribution >= 0.6 is 12.2 Å². The van der Waals surface area contributed by atoms with Crippen molar-refractivity contribution < 1.29 is 14.3 Å². The smallest absolute Gasteiger partial charge is 0.259 e. The molecule has 4 N–H and O–H groups in total. The quantitative estimate of drug-likeness (QED) is 0.762. The van der Waals surface area contributed by atoms with Crippen LogP contribution in [-0.4, -0.2) is 16.0 Å². The van der Waals surface area contributed by atoms with E-state index in [0.717, 1.165) is 5.56 Å². The number of carbonyl (C=O) groups excluding carboxylic acids is 1. The molecule has 0 heterocycles. The number of aryl methyl sites for hydroxylation is 1. The SMILES string of the molecule is Cc1ccc(C(=O)Nc2ccc(F)c(C(N)=S)c2)c(O)c1. The normalized spacial score (nSPS) is 10.2. The van der Waals surface area contributed by atoms with Gasteiger partial charge in [0, 0.05) is 11.3 Å². The molecule has 2 rings (SSSR count). The molecular weight excluding hydrogens is 291 g/mol. The molecule has 0 aliphatic heterocycles. The van der Waals surface area contributed by atoms with Gasteiger partial charge in [-0.25, -0.2) is 4.39 Å². The van der Waals surface area contributed by atoms with Crippen LogP contribution < -0.4 is 11.1 Å². The Kier molecular flexibility index (Phi) is 4.18. The van der Waals surface area contributed by atoms with Crippen molar-refractivity contribution in [2.24, 2.45) is 5.73 Å². The van der Waals surface area contributed by atoms with Gasteiger partial charge in [-0.3, -0.25) is 4.79 Å². The molecular formula is C15H13FN2O2S. The van der Waals surface area contributed by atoms with E-state index in [0.29, 0.717) is 5.69 Å². The number of thiocarbonyl (C=S) groups is 1. The molecule has 0 aliphatic rings. The molecule has 0 spiro atoms. The lowest BCUT2D eigenvalue weighted by molar-refractivity contribution is 0.102. The summed E-state index contributed by atoms with van der Waals surface area (Å²) in [4.78, 5) is 12.0. The van der Waals surface area contributed by atoms with Crippen LogP contribution in [0.2, 0.25) is 0 Å². The number of phenolic OH excluding ortho intramolecular Hbond substituents is 1. The van der Waals surface area contributed by atoms with E-state index in [1.165, 1.54) is 30.3 Å². The van der Waals surface area contributed by atoms with Gasteiger partial charge in [-0.15, -0.1) is 0 Å². The fraction of sp³-hybridized carbons (Fsp3) is 0.0667. The van der Waals surface area contributed by atoms with Gasteiger partial charge < -0.3 is 16.2 Å². The minimum atomic E-state index is -0.557. The van der Waals surface area contributed by atoms with Crippen molar-refractivity contribution in [1.82, 2.24) is 0 Å². The number of nitrogens with two attached hydrogens (primary N) is 1. The number of hydrogen-bond donors (Lipinski definition) is 3. The summed E-state index contributed by atoms with van der Waals surface area (Å²) in [7, 11) is 0. The van der Waals surface area contributed by atoms with E-state index in [1.807, 2.05) is 0 Å². The highest BCUT2D eigenvalue weighted by Gasteiger charge is 2.13. The maximum absolute atomic E-state index is 13.5. The molecule has 6 heteroatoms. The van der Waals surface area contributed by atoms with Crippen LogP contribution in [0.25, 0.3) is 0 Å². The zero-order chi connectivity index (χ0) is 15.6. The number of hydrogen-bond acceptors (Lipinski definition) is 3. The molecule has 0 fully saturated rings. The molecule has 0 bridgehead atoms. The summed E-state index contributed by atoms with van der Waals surface area (Å²) >= 11 is 4.74. The second kappa shape index (κ2) is 5.88. The van der Waals surface area contributed by atoms with Crippen molar-refractivity contribution >= 4 is 28.8 Å². The second-order valence-electron chi connectivity index (χ2n) is 4.53. The van der Waals surface area contributed by atoms with Crippen molar-refractivity contribution in [3.05, 3.63) is 58.9 Å². The first-order valence-corrected chi connectivity index (χ1v) is 6.49. The Morgan fingerprint density at radius 2 is 1.95 bits per heavy atom. The van der Waals surface area contributed by atoms with E-state index >= 15 is 0 Å². The van der Waals surface area contributed by atoms with E-state index in [9.17, 15) is 14.3 Å². The number of rotatable bonds is 3. The number of phenols is 1. The largest absolute Gasteiger partial charge is 0.507 e. The molecule has 2 aromatic carbocycles. The minimum absolute atomic E-state index is 0.0518. The summed E-state index contributed by atoms with van der Waals surface area (Å²) in [5.74, 6) is -1.18. The van der Waals surface area contributed by atoms with Crippen molar-refractivity contribution in [3.63, 3.8) is 0 Å². The van der Waals surface area contributed by atoms with Crippen molar-refractivity contribution in [2.75, 3.05) is 5.32 Å². The van der Waals surface area contributed by atoms with Gasteiger partial charge >= 0.3 is 0 Å². The van der Waals surface area contributed by atoms with E-state index in [1.54, 1.807) is 13.0 Å².